The Labute approximate surface area is 444 Å². The van der Waals surface area contributed by atoms with Crippen LogP contribution in [0, 0.1) is 10.1 Å². The molecule has 0 aliphatic rings. The Morgan fingerprint density at radius 2 is 1.01 bits per heavy atom. The van der Waals surface area contributed by atoms with E-state index in [0.717, 1.165) is 30.3 Å². The van der Waals surface area contributed by atoms with E-state index in [9.17, 15) is 84.5 Å². The van der Waals surface area contributed by atoms with E-state index in [4.69, 9.17) is 10.3 Å². The molecule has 38 heteroatoms. The van der Waals surface area contributed by atoms with Crippen molar-refractivity contribution in [2.75, 3.05) is 20.0 Å². The van der Waals surface area contributed by atoms with Crippen LogP contribution in [0.15, 0.2) is 162 Å². The normalized spacial score (nSPS) is 13.2. The van der Waals surface area contributed by atoms with Crippen LogP contribution in [0.25, 0.3) is 21.5 Å². The van der Waals surface area contributed by atoms with E-state index in [1.807, 2.05) is 0 Å². The first-order valence-corrected chi connectivity index (χ1v) is 29.5. The fraction of sp³-hybridized carbons (Fsp3) is 0.0732. The number of rotatable bonds is 18. The summed E-state index contributed by atoms with van der Waals surface area (Å²) >= 11 is 0. The van der Waals surface area contributed by atoms with Gasteiger partial charge in [-0.05, 0) is 84.9 Å². The fourth-order valence-electron chi connectivity index (χ4n) is 7.10. The average molecular weight is 1210 g/mol. The maximum absolute atomic E-state index is 13.4. The lowest BCUT2D eigenvalue weighted by molar-refractivity contribution is -0.385. The second kappa shape index (κ2) is 21.5. The Morgan fingerprint density at radius 3 is 1.53 bits per heavy atom. The van der Waals surface area contributed by atoms with Gasteiger partial charge in [0.1, 0.15) is 53.8 Å². The number of benzene rings is 7. The van der Waals surface area contributed by atoms with E-state index in [1.165, 1.54) is 36.4 Å². The van der Waals surface area contributed by atoms with Crippen molar-refractivity contribution in [3.8, 4) is 11.5 Å². The van der Waals surface area contributed by atoms with Crippen LogP contribution in [-0.2, 0) is 74.8 Å². The maximum Gasteiger partial charge on any atom is 0.299 e. The minimum Gasteiger partial charge on any atom is -0.505 e. The summed E-state index contributed by atoms with van der Waals surface area (Å²) in [5, 5.41) is 62.4. The lowest BCUT2D eigenvalue weighted by atomic mass is 10.0. The third-order valence-electron chi connectivity index (χ3n) is 10.7. The van der Waals surface area contributed by atoms with E-state index in [2.05, 4.69) is 49.3 Å². The van der Waals surface area contributed by atoms with Gasteiger partial charge >= 0.3 is 0 Å². The molecule has 7 aromatic rings. The zero-order valence-corrected chi connectivity index (χ0v) is 44.1. The van der Waals surface area contributed by atoms with Gasteiger partial charge in [-0.2, -0.15) is 65.8 Å². The van der Waals surface area contributed by atoms with Gasteiger partial charge in [-0.3, -0.25) is 36.7 Å². The van der Waals surface area contributed by atoms with E-state index < -0.39 is 169 Å². The highest BCUT2D eigenvalue weighted by atomic mass is 32.2. The number of nitrogen functional groups attached to an aromatic ring is 1. The van der Waals surface area contributed by atoms with Crippen molar-refractivity contribution in [2.45, 2.75) is 30.2 Å². The molecule has 0 aliphatic carbocycles. The quantitative estimate of drug-likeness (QED) is 0.0106. The molecular weight excluding hydrogens is 1180 g/mol. The van der Waals surface area contributed by atoms with Crippen molar-refractivity contribution in [1.29, 1.82) is 0 Å². The number of aromatic hydroxyl groups is 2. The molecule has 0 radical (unpaired) electrons. The smallest absolute Gasteiger partial charge is 0.299 e. The van der Waals surface area contributed by atoms with Gasteiger partial charge < -0.3 is 15.9 Å². The topological polar surface area (TPSA) is 513 Å². The molecule has 0 atom stereocenters. The molecule has 0 aromatic heterocycles. The predicted octanol–water partition coefficient (Wildman–Crippen LogP) is 8.35. The van der Waals surface area contributed by atoms with Crippen molar-refractivity contribution in [3.05, 3.63) is 113 Å². The zero-order valence-electron chi connectivity index (χ0n) is 39.2. The molecule has 0 amide bonds. The minimum atomic E-state index is -5.58. The van der Waals surface area contributed by atoms with Crippen LogP contribution < -0.4 is 5.73 Å². The zero-order chi connectivity index (χ0) is 58.4. The summed E-state index contributed by atoms with van der Waals surface area (Å²) < 4.78 is 200. The third kappa shape index (κ3) is 12.7. The molecule has 8 N–H and O–H groups in total. The summed E-state index contributed by atoms with van der Waals surface area (Å²) in [6.07, 6.45) is 0. The summed E-state index contributed by atoms with van der Waals surface area (Å²) in [5.41, 5.74) is 0.139. The molecule has 0 bridgehead atoms. The van der Waals surface area contributed by atoms with Crippen molar-refractivity contribution < 1.29 is 92.2 Å². The van der Waals surface area contributed by atoms with Gasteiger partial charge in [0.05, 0.1) is 52.2 Å². The largest absolute Gasteiger partial charge is 0.505 e. The van der Waals surface area contributed by atoms with Gasteiger partial charge in [0.15, 0.2) is 11.5 Å². The van der Waals surface area contributed by atoms with Gasteiger partial charge in [-0.25, -0.2) is 0 Å². The first-order valence-electron chi connectivity index (χ1n) is 20.7. The van der Waals surface area contributed by atoms with Crippen molar-refractivity contribution in [3.63, 3.8) is 0 Å². The van der Waals surface area contributed by atoms with Crippen molar-refractivity contribution >= 4 is 139 Å². The average Bonchev–Trinajstić information content (AvgIpc) is 3.50. The Hall–Kier alpha value is -8.28. The number of phenols is 2. The second-order valence-electron chi connectivity index (χ2n) is 15.7. The number of nitrogens with zero attached hydrogens (tertiary/aromatic N) is 9. The Kier molecular flexibility index (Phi) is 15.9. The molecule has 7 rings (SSSR count). The first kappa shape index (κ1) is 58.4. The highest BCUT2D eigenvalue weighted by molar-refractivity contribution is 7.87. The maximum atomic E-state index is 13.4. The first-order chi connectivity index (χ1) is 36.6. The van der Waals surface area contributed by atoms with E-state index in [-0.39, 0.29) is 22.0 Å². The number of nitro groups is 1. The van der Waals surface area contributed by atoms with Crippen LogP contribution in [-0.4, -0.2) is 98.1 Å². The van der Waals surface area contributed by atoms with Crippen LogP contribution in [0.1, 0.15) is 5.56 Å². The molecule has 32 nitrogen and oxygen atoms in total. The Bertz CT molecular complexity index is 4560. The van der Waals surface area contributed by atoms with Crippen LogP contribution in [0.4, 0.5) is 56.9 Å². The number of nitro benzene ring substituents is 1. The summed E-state index contributed by atoms with van der Waals surface area (Å²) in [6, 6.07) is 15.6. The highest BCUT2D eigenvalue weighted by Crippen LogP contribution is 2.50. The van der Waals surface area contributed by atoms with Gasteiger partial charge in [-0.15, -0.1) is 25.6 Å². The number of azo groups is 4. The monoisotopic (exact) mass is 1210 g/mol. The number of anilines is 1. The molecule has 0 saturated carbocycles. The van der Waals surface area contributed by atoms with Gasteiger partial charge in [0.2, 0.25) is 0 Å². The van der Waals surface area contributed by atoms with Crippen molar-refractivity contribution in [2.24, 2.45) is 40.9 Å². The lowest BCUT2D eigenvalue weighted by Crippen LogP contribution is -2.07. The van der Waals surface area contributed by atoms with Gasteiger partial charge in [-0.1, -0.05) is 0 Å². The lowest BCUT2D eigenvalue weighted by Gasteiger charge is -2.16. The summed E-state index contributed by atoms with van der Waals surface area (Å²) in [6.45, 7) is 0. The van der Waals surface area contributed by atoms with E-state index in [0.29, 0.717) is 44.6 Å². The molecule has 414 valence electrons. The van der Waals surface area contributed by atoms with E-state index in [1.54, 1.807) is 0 Å². The van der Waals surface area contributed by atoms with Crippen LogP contribution in [0.5, 0.6) is 11.5 Å². The van der Waals surface area contributed by atoms with Crippen molar-refractivity contribution in [1.82, 2.24) is 0 Å². The second-order valence-corrected chi connectivity index (χ2v) is 24.6. The number of nitrogens with two attached hydrogens (primary N) is 1. The van der Waals surface area contributed by atoms with Crippen LogP contribution >= 0.6 is 0 Å². The molecular formula is C41H32N10O22S6. The van der Waals surface area contributed by atoms with E-state index >= 15 is 0 Å². The molecule has 7 aromatic carbocycles. The highest BCUT2D eigenvalue weighted by Gasteiger charge is 2.31. The molecule has 79 heavy (non-hydrogen) atoms. The Balaban J connectivity index is 1.37. The Morgan fingerprint density at radius 1 is 0.506 bits per heavy atom. The number of hydrogen-bond acceptors (Lipinski definition) is 27. The summed E-state index contributed by atoms with van der Waals surface area (Å²) in [7, 11) is -29.1. The van der Waals surface area contributed by atoms with Gasteiger partial charge in [0.25, 0.3) is 66.4 Å². The number of fused-ring (bicyclic) bond motifs is 2. The van der Waals surface area contributed by atoms with Crippen LogP contribution in [0.3, 0.4) is 0 Å². The number of phenolic OH excluding ortho intramolecular Hbond substituents is 2. The third-order valence-corrected chi connectivity index (χ3v) is 16.6. The molecule has 0 aliphatic heterocycles. The predicted molar refractivity (Wildman–Crippen MR) is 271 cm³/mol. The SMILES string of the molecule is COS(=O)(=O)c1cc2c(S(=O)(=O)O)c(N=Nc3cc(S(=O)(=O)OC)c4cc(CS(=O)(=O)O)c(N=Nc5ccc([N+](=O)[O-])cc5S(=O)(=O)O)c(O)c4c3N)ccc2c(O)c1N=Nc1ccc(N=Nc2ccc(S(=O)(=O)O)cc2)cc1. The standard InChI is InChI=1S/C41H32N10O22S6/c1-72-78(68,69)32-18-31(36(42)35-28(32)15-20(19-74(56,57)58)37(40(35)53)49-46-29-13-9-24(51(54)55)16-33(29)76(62,63)64)48-47-30-14-12-26-27(41(30)77(65,66)67)17-34(79(70,71)73-2)38(39(26)52)50-45-22-5-3-21(4-6-22)43-44-23-7-10-25(11-8-23)75(59,60)61/h3-18,52-53H,19,42H2,1-2H3,(H,56,57,58)(H,59,60,61)(H,62,63,64)(H,65,66,67). The molecule has 0 unspecified atom stereocenters. The van der Waals surface area contributed by atoms with Gasteiger partial charge in [0, 0.05) is 33.9 Å². The molecule has 0 spiro atoms. The fourth-order valence-corrected chi connectivity index (χ4v) is 11.3. The summed E-state index contributed by atoms with van der Waals surface area (Å²) in [4.78, 5) is 5.46. The molecule has 0 heterocycles. The summed E-state index contributed by atoms with van der Waals surface area (Å²) in [5.74, 6) is -3.79. The number of hydrogen-bond donors (Lipinski definition) is 7. The minimum absolute atomic E-state index is 0.0181. The number of non-ortho nitro benzene ring substituents is 1. The molecule has 0 fully saturated rings. The van der Waals surface area contributed by atoms with Crippen LogP contribution in [0.2, 0.25) is 0 Å². The molecule has 0 saturated heterocycles.